The molecule has 8 nitrogen and oxygen atoms in total. The Morgan fingerprint density at radius 3 is 2.39 bits per heavy atom. The number of hydrogen-bond donors (Lipinski definition) is 3. The van der Waals surface area contributed by atoms with E-state index in [1.807, 2.05) is 0 Å². The van der Waals surface area contributed by atoms with E-state index in [9.17, 15) is 14.4 Å². The van der Waals surface area contributed by atoms with Crippen LogP contribution in [-0.4, -0.2) is 43.7 Å². The van der Waals surface area contributed by atoms with Crippen LogP contribution < -0.4 is 20.1 Å². The summed E-state index contributed by atoms with van der Waals surface area (Å²) in [5, 5.41) is 14.2. The first-order valence-electron chi connectivity index (χ1n) is 8.48. The largest absolute Gasteiger partial charge is 0.493 e. The van der Waals surface area contributed by atoms with E-state index in [2.05, 4.69) is 10.6 Å². The Kier molecular flexibility index (Phi) is 6.97. The maximum absolute atomic E-state index is 12.2. The van der Waals surface area contributed by atoms with Crippen molar-refractivity contribution in [3.63, 3.8) is 0 Å². The van der Waals surface area contributed by atoms with Gasteiger partial charge in [0.05, 0.1) is 26.7 Å². The minimum absolute atomic E-state index is 0.244. The number of amides is 2. The van der Waals surface area contributed by atoms with Crippen LogP contribution in [0.5, 0.6) is 11.5 Å². The minimum Gasteiger partial charge on any atom is -0.493 e. The predicted molar refractivity (Wildman–Crippen MR) is 103 cm³/mol. The summed E-state index contributed by atoms with van der Waals surface area (Å²) in [6.45, 7) is 1.32. The molecule has 0 aliphatic rings. The topological polar surface area (TPSA) is 114 Å². The maximum atomic E-state index is 12.2. The summed E-state index contributed by atoms with van der Waals surface area (Å²) in [5.41, 5.74) is 1.35. The molecule has 2 aromatic rings. The lowest BCUT2D eigenvalue weighted by molar-refractivity contribution is -0.138. The van der Waals surface area contributed by atoms with Crippen molar-refractivity contribution in [2.45, 2.75) is 12.8 Å². The van der Waals surface area contributed by atoms with Gasteiger partial charge in [0.1, 0.15) is 0 Å². The number of rotatable bonds is 8. The SMILES string of the molecule is COc1ccc(C(=O)NCC(=O)Nc2cccc(C(C)C(=O)O)c2)cc1OC. The molecule has 0 radical (unpaired) electrons. The predicted octanol–water partition coefficient (Wildman–Crippen LogP) is 2.26. The average molecular weight is 386 g/mol. The van der Waals surface area contributed by atoms with E-state index in [4.69, 9.17) is 14.6 Å². The highest BCUT2D eigenvalue weighted by molar-refractivity contribution is 5.99. The third-order valence-corrected chi connectivity index (χ3v) is 4.10. The Labute approximate surface area is 162 Å². The van der Waals surface area contributed by atoms with Gasteiger partial charge in [-0.05, 0) is 42.8 Å². The van der Waals surface area contributed by atoms with Crippen molar-refractivity contribution in [3.05, 3.63) is 53.6 Å². The molecule has 0 fully saturated rings. The lowest BCUT2D eigenvalue weighted by Gasteiger charge is -2.11. The first-order valence-corrected chi connectivity index (χ1v) is 8.48. The smallest absolute Gasteiger partial charge is 0.310 e. The van der Waals surface area contributed by atoms with Gasteiger partial charge in [-0.25, -0.2) is 0 Å². The van der Waals surface area contributed by atoms with Crippen LogP contribution >= 0.6 is 0 Å². The lowest BCUT2D eigenvalue weighted by Crippen LogP contribution is -2.32. The highest BCUT2D eigenvalue weighted by Crippen LogP contribution is 2.27. The van der Waals surface area contributed by atoms with Crippen LogP contribution in [0.25, 0.3) is 0 Å². The highest BCUT2D eigenvalue weighted by atomic mass is 16.5. The fraction of sp³-hybridized carbons (Fsp3) is 0.250. The number of carboxylic acids is 1. The van der Waals surface area contributed by atoms with E-state index in [0.717, 1.165) is 0 Å². The Bertz CT molecular complexity index is 881. The molecule has 0 bridgehead atoms. The number of carbonyl (C=O) groups excluding carboxylic acids is 2. The van der Waals surface area contributed by atoms with E-state index in [-0.39, 0.29) is 6.54 Å². The zero-order valence-electron chi connectivity index (χ0n) is 15.8. The first kappa shape index (κ1) is 20.8. The Morgan fingerprint density at radius 2 is 1.75 bits per heavy atom. The third-order valence-electron chi connectivity index (χ3n) is 4.10. The summed E-state index contributed by atoms with van der Waals surface area (Å²) in [4.78, 5) is 35.4. The lowest BCUT2D eigenvalue weighted by atomic mass is 10.0. The monoisotopic (exact) mass is 386 g/mol. The van der Waals surface area contributed by atoms with Crippen molar-refractivity contribution in [3.8, 4) is 11.5 Å². The molecule has 3 N–H and O–H groups in total. The van der Waals surface area contributed by atoms with Crippen LogP contribution in [0.3, 0.4) is 0 Å². The molecular formula is C20H22N2O6. The van der Waals surface area contributed by atoms with Crippen molar-refractivity contribution in [2.24, 2.45) is 0 Å². The highest BCUT2D eigenvalue weighted by Gasteiger charge is 2.15. The molecule has 0 aliphatic heterocycles. The summed E-state index contributed by atoms with van der Waals surface area (Å²) in [6.07, 6.45) is 0. The molecule has 2 rings (SSSR count). The number of carbonyl (C=O) groups is 3. The quantitative estimate of drug-likeness (QED) is 0.641. The normalized spacial score (nSPS) is 11.2. The Hall–Kier alpha value is -3.55. The number of anilines is 1. The van der Waals surface area contributed by atoms with Gasteiger partial charge in [0, 0.05) is 11.3 Å². The van der Waals surface area contributed by atoms with Crippen molar-refractivity contribution < 1.29 is 29.0 Å². The third kappa shape index (κ3) is 5.23. The molecular weight excluding hydrogens is 364 g/mol. The molecule has 0 spiro atoms. The van der Waals surface area contributed by atoms with Crippen molar-refractivity contribution in [1.29, 1.82) is 0 Å². The number of ether oxygens (including phenoxy) is 2. The molecule has 1 unspecified atom stereocenters. The van der Waals surface area contributed by atoms with Crippen LogP contribution in [0.1, 0.15) is 28.8 Å². The molecule has 0 aliphatic carbocycles. The first-order chi connectivity index (χ1) is 13.3. The van der Waals surface area contributed by atoms with E-state index >= 15 is 0 Å². The Morgan fingerprint density at radius 1 is 1.04 bits per heavy atom. The molecule has 0 saturated heterocycles. The van der Waals surface area contributed by atoms with Gasteiger partial charge in [0.25, 0.3) is 5.91 Å². The van der Waals surface area contributed by atoms with Crippen LogP contribution in [0.4, 0.5) is 5.69 Å². The van der Waals surface area contributed by atoms with Gasteiger partial charge in [-0.1, -0.05) is 12.1 Å². The fourth-order valence-corrected chi connectivity index (χ4v) is 2.47. The number of benzene rings is 2. The fourth-order valence-electron chi connectivity index (χ4n) is 2.47. The van der Waals surface area contributed by atoms with Crippen molar-refractivity contribution in [2.75, 3.05) is 26.1 Å². The summed E-state index contributed by atoms with van der Waals surface area (Å²) >= 11 is 0. The molecule has 0 aromatic heterocycles. The number of methoxy groups -OCH3 is 2. The zero-order chi connectivity index (χ0) is 20.7. The van der Waals surface area contributed by atoms with Gasteiger partial charge in [-0.15, -0.1) is 0 Å². The second-order valence-electron chi connectivity index (χ2n) is 5.99. The van der Waals surface area contributed by atoms with Gasteiger partial charge < -0.3 is 25.2 Å². The van der Waals surface area contributed by atoms with Crippen LogP contribution in [0, 0.1) is 0 Å². The van der Waals surface area contributed by atoms with Gasteiger partial charge in [-0.3, -0.25) is 14.4 Å². The molecule has 148 valence electrons. The maximum Gasteiger partial charge on any atom is 0.310 e. The standard InChI is InChI=1S/C20H22N2O6/c1-12(20(25)26)13-5-4-6-15(9-13)22-18(23)11-21-19(24)14-7-8-16(27-2)17(10-14)28-3/h4-10,12H,11H2,1-3H3,(H,21,24)(H,22,23)(H,25,26). The molecule has 0 saturated carbocycles. The van der Waals surface area contributed by atoms with E-state index in [0.29, 0.717) is 28.3 Å². The van der Waals surface area contributed by atoms with Crippen molar-refractivity contribution >= 4 is 23.5 Å². The molecule has 28 heavy (non-hydrogen) atoms. The van der Waals surface area contributed by atoms with Crippen molar-refractivity contribution in [1.82, 2.24) is 5.32 Å². The number of aliphatic carboxylic acids is 1. The van der Waals surface area contributed by atoms with Gasteiger partial charge in [0.15, 0.2) is 11.5 Å². The van der Waals surface area contributed by atoms with Gasteiger partial charge in [-0.2, -0.15) is 0 Å². The molecule has 2 amide bonds. The molecule has 0 heterocycles. The summed E-state index contributed by atoms with van der Waals surface area (Å²) in [7, 11) is 2.96. The van der Waals surface area contributed by atoms with E-state index in [1.165, 1.54) is 20.3 Å². The van der Waals surface area contributed by atoms with Crippen LogP contribution in [-0.2, 0) is 9.59 Å². The second-order valence-corrected chi connectivity index (χ2v) is 5.99. The van der Waals surface area contributed by atoms with Crippen LogP contribution in [0.2, 0.25) is 0 Å². The van der Waals surface area contributed by atoms with Gasteiger partial charge in [0.2, 0.25) is 5.91 Å². The summed E-state index contributed by atoms with van der Waals surface area (Å²) < 4.78 is 10.3. The number of hydrogen-bond acceptors (Lipinski definition) is 5. The second kappa shape index (κ2) is 9.40. The van der Waals surface area contributed by atoms with E-state index in [1.54, 1.807) is 43.3 Å². The number of carboxylic acid groups (broad SMARTS) is 1. The number of nitrogens with one attached hydrogen (secondary N) is 2. The molecule has 8 heteroatoms. The zero-order valence-corrected chi connectivity index (χ0v) is 15.8. The summed E-state index contributed by atoms with van der Waals surface area (Å²) in [5.74, 6) is -1.62. The van der Waals surface area contributed by atoms with E-state index < -0.39 is 23.7 Å². The molecule has 1 atom stereocenters. The molecule has 2 aromatic carbocycles. The minimum atomic E-state index is -0.953. The van der Waals surface area contributed by atoms with Gasteiger partial charge >= 0.3 is 5.97 Å². The van der Waals surface area contributed by atoms with Crippen LogP contribution in [0.15, 0.2) is 42.5 Å². The average Bonchev–Trinajstić information content (AvgIpc) is 2.70. The Balaban J connectivity index is 1.96. The summed E-state index contributed by atoms with van der Waals surface area (Å²) in [6, 6.07) is 11.2.